The summed E-state index contributed by atoms with van der Waals surface area (Å²) < 4.78 is 0. The summed E-state index contributed by atoms with van der Waals surface area (Å²) in [6, 6.07) is 21.1. The Morgan fingerprint density at radius 2 is 1.47 bits per heavy atom. The van der Waals surface area contributed by atoms with Gasteiger partial charge >= 0.3 is 0 Å². The first-order valence-corrected chi connectivity index (χ1v) is 11.6. The highest BCUT2D eigenvalue weighted by Crippen LogP contribution is 2.30. The molecule has 0 amide bonds. The Bertz CT molecular complexity index is 1070. The summed E-state index contributed by atoms with van der Waals surface area (Å²) in [5, 5.41) is 7.11. The Morgan fingerprint density at radius 1 is 0.875 bits per heavy atom. The van der Waals surface area contributed by atoms with Gasteiger partial charge in [0.05, 0.1) is 6.04 Å². The van der Waals surface area contributed by atoms with Gasteiger partial charge in [0.2, 0.25) is 5.95 Å². The Balaban J connectivity index is 1.36. The second-order valence-corrected chi connectivity index (χ2v) is 8.87. The van der Waals surface area contributed by atoms with Crippen molar-refractivity contribution in [3.05, 3.63) is 77.4 Å². The maximum Gasteiger partial charge on any atom is 0.232 e. The van der Waals surface area contributed by atoms with E-state index in [1.54, 1.807) is 0 Å². The van der Waals surface area contributed by atoms with E-state index < -0.39 is 0 Å². The van der Waals surface area contributed by atoms with E-state index in [1.807, 2.05) is 18.2 Å². The molecule has 32 heavy (non-hydrogen) atoms. The van der Waals surface area contributed by atoms with Crippen LogP contribution in [0.15, 0.2) is 60.7 Å². The Morgan fingerprint density at radius 3 is 2.12 bits per heavy atom. The summed E-state index contributed by atoms with van der Waals surface area (Å²) in [5.41, 5.74) is 3.90. The molecule has 0 radical (unpaired) electrons. The molecule has 0 saturated carbocycles. The highest BCUT2D eigenvalue weighted by atomic mass is 32.1. The lowest BCUT2D eigenvalue weighted by Crippen LogP contribution is -2.32. The van der Waals surface area contributed by atoms with Gasteiger partial charge in [-0.15, -0.1) is 0 Å². The van der Waals surface area contributed by atoms with Gasteiger partial charge in [-0.3, -0.25) is 0 Å². The van der Waals surface area contributed by atoms with Crippen molar-refractivity contribution >= 4 is 34.9 Å². The molecule has 0 aliphatic carbocycles. The number of aromatic nitrogens is 2. The van der Waals surface area contributed by atoms with Crippen LogP contribution in [0.5, 0.6) is 0 Å². The third-order valence-electron chi connectivity index (χ3n) is 6.17. The number of benzene rings is 2. The molecular weight excluding hydrogens is 416 g/mol. The maximum atomic E-state index is 5.60. The van der Waals surface area contributed by atoms with E-state index in [9.17, 15) is 0 Å². The normalized spacial score (nSPS) is 16.0. The average molecular weight is 445 g/mol. The minimum atomic E-state index is 0.0884. The van der Waals surface area contributed by atoms with Crippen LogP contribution in [-0.2, 0) is 13.1 Å². The first-order chi connectivity index (χ1) is 15.7. The fourth-order valence-electron chi connectivity index (χ4n) is 4.40. The molecule has 2 aromatic carbocycles. The fourth-order valence-corrected chi connectivity index (χ4v) is 4.67. The lowest BCUT2D eigenvalue weighted by atomic mass is 10.1. The minimum Gasteiger partial charge on any atom is -0.356 e. The number of hydrogen-bond acceptors (Lipinski definition) is 5. The summed E-state index contributed by atoms with van der Waals surface area (Å²) >= 11 is 5.60. The molecule has 6 nitrogen and oxygen atoms in total. The van der Waals surface area contributed by atoms with Crippen LogP contribution in [0.2, 0.25) is 0 Å². The van der Waals surface area contributed by atoms with Crippen molar-refractivity contribution in [1.82, 2.24) is 15.3 Å². The van der Waals surface area contributed by atoms with Gasteiger partial charge in [-0.05, 0) is 48.7 Å². The van der Waals surface area contributed by atoms with Gasteiger partial charge in [-0.2, -0.15) is 9.97 Å². The number of rotatable bonds is 5. The lowest BCUT2D eigenvalue weighted by molar-refractivity contribution is 0.722. The van der Waals surface area contributed by atoms with Crippen LogP contribution in [0.3, 0.4) is 0 Å². The van der Waals surface area contributed by atoms with Crippen molar-refractivity contribution in [2.45, 2.75) is 38.9 Å². The largest absolute Gasteiger partial charge is 0.356 e. The molecule has 1 saturated heterocycles. The molecule has 3 heterocycles. The van der Waals surface area contributed by atoms with Crippen molar-refractivity contribution in [2.75, 3.05) is 28.2 Å². The number of fused-ring (bicyclic) bond motifs is 1. The van der Waals surface area contributed by atoms with Gasteiger partial charge in [0, 0.05) is 32.2 Å². The van der Waals surface area contributed by atoms with Crippen molar-refractivity contribution in [3.8, 4) is 0 Å². The second kappa shape index (κ2) is 9.12. The number of nitrogens with one attached hydrogen (secondary N) is 2. The SMILES string of the molecule is C[C@H](NC(=S)Nc1nc(N2CCCC2)cc(N2Cc3ccccc3C2)n1)c1ccccc1. The molecule has 0 bridgehead atoms. The predicted octanol–water partition coefficient (Wildman–Crippen LogP) is 4.64. The number of thiocarbonyl (C=S) groups is 1. The zero-order valence-corrected chi connectivity index (χ0v) is 19.1. The highest BCUT2D eigenvalue weighted by Gasteiger charge is 2.23. The topological polar surface area (TPSA) is 56.3 Å². The molecule has 0 spiro atoms. The van der Waals surface area contributed by atoms with Gasteiger partial charge in [-0.25, -0.2) is 0 Å². The van der Waals surface area contributed by atoms with Gasteiger partial charge in [0.25, 0.3) is 0 Å². The predicted molar refractivity (Wildman–Crippen MR) is 134 cm³/mol. The molecule has 164 valence electrons. The smallest absolute Gasteiger partial charge is 0.232 e. The van der Waals surface area contributed by atoms with E-state index in [0.29, 0.717) is 11.1 Å². The summed E-state index contributed by atoms with van der Waals surface area (Å²) in [6.45, 7) is 5.88. The first-order valence-electron chi connectivity index (χ1n) is 11.2. The molecule has 1 atom stereocenters. The number of nitrogens with zero attached hydrogens (tertiary/aromatic N) is 4. The van der Waals surface area contributed by atoms with Crippen molar-refractivity contribution < 1.29 is 0 Å². The van der Waals surface area contributed by atoms with Crippen LogP contribution >= 0.6 is 12.2 Å². The second-order valence-electron chi connectivity index (χ2n) is 8.46. The third-order valence-corrected chi connectivity index (χ3v) is 6.39. The van der Waals surface area contributed by atoms with Crippen LogP contribution in [0, 0.1) is 0 Å². The lowest BCUT2D eigenvalue weighted by Gasteiger charge is -2.23. The molecule has 2 aliphatic rings. The molecule has 3 aromatic rings. The Hall–Kier alpha value is -3.19. The van der Waals surface area contributed by atoms with Crippen LogP contribution < -0.4 is 20.4 Å². The molecule has 5 rings (SSSR count). The zero-order chi connectivity index (χ0) is 21.9. The fraction of sp³-hybridized carbons (Fsp3) is 0.320. The van der Waals surface area contributed by atoms with Crippen molar-refractivity contribution in [1.29, 1.82) is 0 Å². The van der Waals surface area contributed by atoms with Gasteiger partial charge in [-0.1, -0.05) is 54.6 Å². The first kappa shape index (κ1) is 20.7. The standard InChI is InChI=1S/C25H28N6S/c1-18(19-9-3-2-4-10-19)26-25(32)29-24-27-22(30-13-7-8-14-30)15-23(28-24)31-16-20-11-5-6-12-21(20)17-31/h2-6,9-12,15,18H,7-8,13-14,16-17H2,1H3,(H2,26,27,28,29,32)/t18-/m0/s1. The van der Waals surface area contributed by atoms with Crippen molar-refractivity contribution in [3.63, 3.8) is 0 Å². The number of hydrogen-bond donors (Lipinski definition) is 2. The molecule has 2 aliphatic heterocycles. The van der Waals surface area contributed by atoms with Crippen LogP contribution in [0.4, 0.5) is 17.6 Å². The van der Waals surface area contributed by atoms with Crippen molar-refractivity contribution in [2.24, 2.45) is 0 Å². The average Bonchev–Trinajstić information content (AvgIpc) is 3.49. The van der Waals surface area contributed by atoms with E-state index in [-0.39, 0.29) is 6.04 Å². The van der Waals surface area contributed by atoms with Gasteiger partial charge in [0.15, 0.2) is 5.11 Å². The molecule has 2 N–H and O–H groups in total. The monoisotopic (exact) mass is 444 g/mol. The van der Waals surface area contributed by atoms with E-state index in [2.05, 4.69) is 69.8 Å². The van der Waals surface area contributed by atoms with Gasteiger partial charge in [0.1, 0.15) is 11.6 Å². The van der Waals surface area contributed by atoms with E-state index in [4.69, 9.17) is 22.2 Å². The summed E-state index contributed by atoms with van der Waals surface area (Å²) in [4.78, 5) is 14.3. The minimum absolute atomic E-state index is 0.0884. The molecule has 1 aromatic heterocycles. The summed E-state index contributed by atoms with van der Waals surface area (Å²) in [6.07, 6.45) is 2.40. The zero-order valence-electron chi connectivity index (χ0n) is 18.3. The van der Waals surface area contributed by atoms with E-state index >= 15 is 0 Å². The molecular formula is C25H28N6S. The highest BCUT2D eigenvalue weighted by molar-refractivity contribution is 7.80. The van der Waals surface area contributed by atoms with Gasteiger partial charge < -0.3 is 20.4 Å². The summed E-state index contributed by atoms with van der Waals surface area (Å²) in [5.74, 6) is 2.43. The Labute approximate surface area is 194 Å². The van der Waals surface area contributed by atoms with Crippen LogP contribution in [0.1, 0.15) is 42.5 Å². The van der Waals surface area contributed by atoms with E-state index in [1.165, 1.54) is 29.5 Å². The Kier molecular flexibility index (Phi) is 5.90. The third kappa shape index (κ3) is 4.53. The van der Waals surface area contributed by atoms with E-state index in [0.717, 1.165) is 37.8 Å². The van der Waals surface area contributed by atoms with Crippen LogP contribution in [-0.4, -0.2) is 28.2 Å². The molecule has 0 unspecified atom stereocenters. The number of anilines is 3. The molecule has 1 fully saturated rings. The quantitative estimate of drug-likeness (QED) is 0.556. The maximum absolute atomic E-state index is 5.60. The summed E-state index contributed by atoms with van der Waals surface area (Å²) in [7, 11) is 0. The van der Waals surface area contributed by atoms with Crippen LogP contribution in [0.25, 0.3) is 0 Å². The molecule has 7 heteroatoms.